The molecule has 0 amide bonds. The Kier molecular flexibility index (Phi) is 6.95. The van der Waals surface area contributed by atoms with Gasteiger partial charge in [0.25, 0.3) is 0 Å². The minimum atomic E-state index is -4.37. The van der Waals surface area contributed by atoms with E-state index < -0.39 is 11.7 Å². The number of ether oxygens (including phenoxy) is 1. The molecule has 0 saturated carbocycles. The molecule has 35 heavy (non-hydrogen) atoms. The lowest BCUT2D eigenvalue weighted by atomic mass is 9.88. The molecule has 0 spiro atoms. The summed E-state index contributed by atoms with van der Waals surface area (Å²) in [5, 5.41) is 0. The van der Waals surface area contributed by atoms with Gasteiger partial charge in [-0.05, 0) is 85.2 Å². The number of nitrogens with zero attached hydrogens (tertiary/aromatic N) is 2. The van der Waals surface area contributed by atoms with Crippen LogP contribution in [0.5, 0.6) is 0 Å². The molecule has 2 aromatic rings. The Bertz CT molecular complexity index is 1060. The van der Waals surface area contributed by atoms with Crippen molar-refractivity contribution in [2.45, 2.75) is 44.7 Å². The SMILES string of the molecule is CC1C(CCC2CCOCC2)=Cc2c(-c3ccc(N4CCN(C)CC4)cc3)cc(C(F)(F)F)cc21. The van der Waals surface area contributed by atoms with Crippen LogP contribution in [0.1, 0.15) is 55.2 Å². The summed E-state index contributed by atoms with van der Waals surface area (Å²) in [6, 6.07) is 10.8. The van der Waals surface area contributed by atoms with Crippen molar-refractivity contribution in [1.82, 2.24) is 4.90 Å². The number of alkyl halides is 3. The zero-order valence-electron chi connectivity index (χ0n) is 20.7. The molecule has 1 aliphatic carbocycles. The van der Waals surface area contributed by atoms with Gasteiger partial charge in [-0.2, -0.15) is 13.2 Å². The predicted molar refractivity (Wildman–Crippen MR) is 136 cm³/mol. The summed E-state index contributed by atoms with van der Waals surface area (Å²) >= 11 is 0. The Morgan fingerprint density at radius 2 is 1.66 bits per heavy atom. The van der Waals surface area contributed by atoms with Crippen LogP contribution in [0.15, 0.2) is 42.0 Å². The van der Waals surface area contributed by atoms with Crippen LogP contribution in [0.2, 0.25) is 0 Å². The van der Waals surface area contributed by atoms with Gasteiger partial charge in [-0.25, -0.2) is 0 Å². The van der Waals surface area contributed by atoms with Crippen LogP contribution >= 0.6 is 0 Å². The molecule has 1 unspecified atom stereocenters. The minimum Gasteiger partial charge on any atom is -0.381 e. The Labute approximate surface area is 206 Å². The van der Waals surface area contributed by atoms with E-state index in [1.54, 1.807) is 0 Å². The van der Waals surface area contributed by atoms with Crippen molar-refractivity contribution in [2.24, 2.45) is 5.92 Å². The molecule has 5 rings (SSSR count). The van der Waals surface area contributed by atoms with Gasteiger partial charge in [0, 0.05) is 51.0 Å². The third kappa shape index (κ3) is 5.29. The van der Waals surface area contributed by atoms with E-state index >= 15 is 0 Å². The molecule has 2 heterocycles. The number of anilines is 1. The van der Waals surface area contributed by atoms with Crippen molar-refractivity contribution in [2.75, 3.05) is 51.3 Å². The van der Waals surface area contributed by atoms with Crippen molar-refractivity contribution in [3.05, 3.63) is 58.7 Å². The first-order chi connectivity index (χ1) is 16.8. The highest BCUT2D eigenvalue weighted by Gasteiger charge is 2.34. The minimum absolute atomic E-state index is 0.00973. The summed E-state index contributed by atoms with van der Waals surface area (Å²) < 4.78 is 47.1. The van der Waals surface area contributed by atoms with Gasteiger partial charge in [-0.1, -0.05) is 30.7 Å². The fourth-order valence-electron chi connectivity index (χ4n) is 5.72. The second-order valence-corrected chi connectivity index (χ2v) is 10.4. The maximum absolute atomic E-state index is 13.9. The van der Waals surface area contributed by atoms with E-state index in [1.807, 2.05) is 12.1 Å². The normalized spacial score (nSPS) is 21.8. The van der Waals surface area contributed by atoms with Crippen LogP contribution in [-0.4, -0.2) is 51.3 Å². The third-order valence-electron chi connectivity index (χ3n) is 8.12. The smallest absolute Gasteiger partial charge is 0.381 e. The molecule has 188 valence electrons. The van der Waals surface area contributed by atoms with Crippen LogP contribution in [-0.2, 0) is 10.9 Å². The number of hydrogen-bond donors (Lipinski definition) is 0. The van der Waals surface area contributed by atoms with E-state index in [2.05, 4.69) is 42.0 Å². The van der Waals surface area contributed by atoms with Crippen LogP contribution in [0.4, 0.5) is 18.9 Å². The first kappa shape index (κ1) is 24.4. The lowest BCUT2D eigenvalue weighted by Crippen LogP contribution is -2.44. The van der Waals surface area contributed by atoms with Gasteiger partial charge in [0.05, 0.1) is 5.56 Å². The van der Waals surface area contributed by atoms with E-state index in [0.29, 0.717) is 11.5 Å². The number of fused-ring (bicyclic) bond motifs is 1. The average Bonchev–Trinajstić information content (AvgIpc) is 3.18. The largest absolute Gasteiger partial charge is 0.416 e. The highest BCUT2D eigenvalue weighted by Crippen LogP contribution is 2.46. The average molecular weight is 485 g/mol. The van der Waals surface area contributed by atoms with Gasteiger partial charge in [-0.15, -0.1) is 0 Å². The van der Waals surface area contributed by atoms with E-state index in [1.165, 1.54) is 17.7 Å². The van der Waals surface area contributed by atoms with Gasteiger partial charge in [0.15, 0.2) is 0 Å². The van der Waals surface area contributed by atoms with Gasteiger partial charge in [-0.3, -0.25) is 0 Å². The van der Waals surface area contributed by atoms with E-state index in [-0.39, 0.29) is 5.92 Å². The highest BCUT2D eigenvalue weighted by molar-refractivity contribution is 5.83. The van der Waals surface area contributed by atoms with Gasteiger partial charge < -0.3 is 14.5 Å². The second-order valence-electron chi connectivity index (χ2n) is 10.4. The topological polar surface area (TPSA) is 15.7 Å². The van der Waals surface area contributed by atoms with Crippen molar-refractivity contribution in [3.63, 3.8) is 0 Å². The predicted octanol–water partition coefficient (Wildman–Crippen LogP) is 6.83. The van der Waals surface area contributed by atoms with Gasteiger partial charge in [0.2, 0.25) is 0 Å². The van der Waals surface area contributed by atoms with E-state index in [4.69, 9.17) is 4.74 Å². The molecule has 2 fully saturated rings. The number of rotatable bonds is 5. The summed E-state index contributed by atoms with van der Waals surface area (Å²) in [5.74, 6) is 0.656. The molecule has 2 saturated heterocycles. The lowest BCUT2D eigenvalue weighted by molar-refractivity contribution is -0.137. The van der Waals surface area contributed by atoms with Crippen molar-refractivity contribution in [3.8, 4) is 11.1 Å². The van der Waals surface area contributed by atoms with Crippen molar-refractivity contribution >= 4 is 11.8 Å². The molecule has 3 aliphatic rings. The second kappa shape index (κ2) is 9.98. The van der Waals surface area contributed by atoms with Crippen LogP contribution in [0.3, 0.4) is 0 Å². The fourth-order valence-corrected chi connectivity index (χ4v) is 5.72. The lowest BCUT2D eigenvalue weighted by Gasteiger charge is -2.34. The zero-order valence-corrected chi connectivity index (χ0v) is 20.7. The van der Waals surface area contributed by atoms with Crippen LogP contribution < -0.4 is 4.90 Å². The summed E-state index contributed by atoms with van der Waals surface area (Å²) in [5.41, 5.74) is 5.12. The molecule has 0 N–H and O–H groups in total. The highest BCUT2D eigenvalue weighted by atomic mass is 19.4. The summed E-state index contributed by atoms with van der Waals surface area (Å²) in [6.07, 6.45) is 1.98. The number of hydrogen-bond acceptors (Lipinski definition) is 3. The summed E-state index contributed by atoms with van der Waals surface area (Å²) in [6.45, 7) is 7.66. The maximum Gasteiger partial charge on any atom is 0.416 e. The van der Waals surface area contributed by atoms with Gasteiger partial charge in [0.1, 0.15) is 0 Å². The Morgan fingerprint density at radius 3 is 2.31 bits per heavy atom. The number of halogens is 3. The quantitative estimate of drug-likeness (QED) is 0.463. The molecule has 1 atom stereocenters. The number of allylic oxidation sites excluding steroid dienone is 1. The van der Waals surface area contributed by atoms with Gasteiger partial charge >= 0.3 is 6.18 Å². The Balaban J connectivity index is 1.43. The molecule has 0 radical (unpaired) electrons. The Morgan fingerprint density at radius 1 is 0.971 bits per heavy atom. The standard InChI is InChI=1S/C29H35F3N2O/c1-20-23(4-3-21-9-15-35-16-10-21)17-28-26(20)18-24(29(30,31)32)19-27(28)22-5-7-25(8-6-22)34-13-11-33(2)12-14-34/h5-8,17-21H,3-4,9-16H2,1-2H3. The van der Waals surface area contributed by atoms with Crippen LogP contribution in [0, 0.1) is 5.92 Å². The number of benzene rings is 2. The van der Waals surface area contributed by atoms with E-state index in [9.17, 15) is 13.2 Å². The first-order valence-corrected chi connectivity index (χ1v) is 12.9. The fraction of sp³-hybridized carbons (Fsp3) is 0.517. The molecule has 0 bridgehead atoms. The molecule has 3 nitrogen and oxygen atoms in total. The number of likely N-dealkylation sites (N-methyl/N-ethyl adjacent to an activating group) is 1. The van der Waals surface area contributed by atoms with Crippen molar-refractivity contribution < 1.29 is 17.9 Å². The van der Waals surface area contributed by atoms with E-state index in [0.717, 1.165) is 87.5 Å². The third-order valence-corrected chi connectivity index (χ3v) is 8.12. The maximum atomic E-state index is 13.9. The molecular weight excluding hydrogens is 449 g/mol. The molecule has 6 heteroatoms. The number of piperazine rings is 1. The Hall–Kier alpha value is -2.31. The van der Waals surface area contributed by atoms with Crippen LogP contribution in [0.25, 0.3) is 17.2 Å². The zero-order chi connectivity index (χ0) is 24.6. The molecule has 0 aromatic heterocycles. The monoisotopic (exact) mass is 484 g/mol. The molecule has 2 aliphatic heterocycles. The first-order valence-electron chi connectivity index (χ1n) is 12.9. The summed E-state index contributed by atoms with van der Waals surface area (Å²) in [7, 11) is 2.13. The summed E-state index contributed by atoms with van der Waals surface area (Å²) in [4.78, 5) is 4.65. The van der Waals surface area contributed by atoms with Crippen molar-refractivity contribution in [1.29, 1.82) is 0 Å². The molecule has 2 aromatic carbocycles. The molecular formula is C29H35F3N2O.